The maximum Gasteiger partial charge on any atom is 1.00 e. The van der Waals surface area contributed by atoms with Crippen molar-refractivity contribution in [2.45, 2.75) is 25.4 Å². The molecule has 0 fully saturated rings. The van der Waals surface area contributed by atoms with Crippen LogP contribution in [0.2, 0.25) is 0 Å². The number of aliphatic hydroxyl groups is 1. The van der Waals surface area contributed by atoms with E-state index >= 15 is 0 Å². The van der Waals surface area contributed by atoms with Gasteiger partial charge in [0.2, 0.25) is 0 Å². The monoisotopic (exact) mass is 312 g/mol. The summed E-state index contributed by atoms with van der Waals surface area (Å²) in [5.74, 6) is -6.49. The van der Waals surface area contributed by atoms with Crippen LogP contribution in [0.15, 0.2) is 0 Å². The third-order valence-corrected chi connectivity index (χ3v) is 1.27. The zero-order valence-electron chi connectivity index (χ0n) is 10.7. The molecule has 0 heterocycles. The number of hydrogen-bond donors (Lipinski definition) is 3. The second kappa shape index (κ2) is 13.5. The van der Waals surface area contributed by atoms with Crippen LogP contribution in [0, 0.1) is 0 Å². The molecule has 0 rings (SSSR count). The van der Waals surface area contributed by atoms with Gasteiger partial charge < -0.3 is 35.1 Å². The molecule has 0 bridgehead atoms. The summed E-state index contributed by atoms with van der Waals surface area (Å²) in [6.45, 7) is 1.08. The van der Waals surface area contributed by atoms with Gasteiger partial charge in [-0.05, 0) is 0 Å². The van der Waals surface area contributed by atoms with Gasteiger partial charge in [-0.3, -0.25) is 4.79 Å². The fourth-order valence-corrected chi connectivity index (χ4v) is 0.691. The van der Waals surface area contributed by atoms with Gasteiger partial charge in [0.15, 0.2) is 5.60 Å². The van der Waals surface area contributed by atoms with Crippen molar-refractivity contribution < 1.29 is 126 Å². The average Bonchev–Trinajstić information content (AvgIpc) is 1.98. The first-order chi connectivity index (χ1) is 7.51. The van der Waals surface area contributed by atoms with E-state index in [9.17, 15) is 24.6 Å². The molecule has 0 aromatic rings. The van der Waals surface area contributed by atoms with E-state index < -0.39 is 42.3 Å². The Bertz CT molecular complexity index is 310. The Morgan fingerprint density at radius 3 is 1.32 bits per heavy atom. The molecule has 0 aliphatic heterocycles. The number of hydrogen-bond acceptors (Lipinski definition) is 7. The molecule has 0 radical (unpaired) electrons. The molecule has 9 nitrogen and oxygen atoms in total. The van der Waals surface area contributed by atoms with Crippen LogP contribution in [0.3, 0.4) is 0 Å². The summed E-state index contributed by atoms with van der Waals surface area (Å²) < 4.78 is 0. The smallest absolute Gasteiger partial charge is 0.550 e. The summed E-state index contributed by atoms with van der Waals surface area (Å²) in [6, 6.07) is 0. The molecule has 0 aromatic carbocycles. The number of carbonyl (C=O) groups is 4. The van der Waals surface area contributed by atoms with Gasteiger partial charge in [0.05, 0.1) is 0 Å². The zero-order valence-corrected chi connectivity index (χ0v) is 15.8. The Balaban J connectivity index is -0.000000165. The maximum atomic E-state index is 10.3. The summed E-state index contributed by atoms with van der Waals surface area (Å²) in [4.78, 5) is 39.2. The SMILES string of the molecule is CC(=O)O.O=C([O-])CC(O)(CC(=O)[O-])C(=O)O.[K+].[Na+]. The van der Waals surface area contributed by atoms with Gasteiger partial charge >= 0.3 is 86.9 Å². The van der Waals surface area contributed by atoms with Crippen molar-refractivity contribution in [3.63, 3.8) is 0 Å². The molecule has 0 unspecified atom stereocenters. The number of carboxylic acids is 4. The van der Waals surface area contributed by atoms with Crippen molar-refractivity contribution >= 4 is 23.9 Å². The Hall–Kier alpha value is 0.476. The summed E-state index contributed by atoms with van der Waals surface area (Å²) >= 11 is 0. The zero-order chi connectivity index (χ0) is 14.2. The molecule has 0 saturated carbocycles. The van der Waals surface area contributed by atoms with E-state index in [1.165, 1.54) is 0 Å². The molecule has 0 aliphatic rings. The van der Waals surface area contributed by atoms with E-state index in [-0.39, 0.29) is 80.9 Å². The molecule has 3 N–H and O–H groups in total. The van der Waals surface area contributed by atoms with Gasteiger partial charge in [-0.15, -0.1) is 0 Å². The molecule has 0 amide bonds. The molecule has 19 heavy (non-hydrogen) atoms. The normalized spacial score (nSPS) is 8.74. The van der Waals surface area contributed by atoms with Gasteiger partial charge in [0.25, 0.3) is 5.97 Å². The van der Waals surface area contributed by atoms with Gasteiger partial charge in [0, 0.05) is 31.7 Å². The first-order valence-electron chi connectivity index (χ1n) is 4.06. The molecule has 0 saturated heterocycles. The fraction of sp³-hybridized carbons (Fsp3) is 0.500. The summed E-state index contributed by atoms with van der Waals surface area (Å²) in [5, 5.41) is 44.6. The minimum atomic E-state index is -2.86. The maximum absolute atomic E-state index is 10.3. The quantitative estimate of drug-likeness (QED) is 0.416. The van der Waals surface area contributed by atoms with Gasteiger partial charge in [0.1, 0.15) is 0 Å². The number of rotatable bonds is 5. The molecule has 0 aromatic heterocycles. The fourth-order valence-electron chi connectivity index (χ4n) is 0.691. The van der Waals surface area contributed by atoms with Gasteiger partial charge in [-0.25, -0.2) is 4.79 Å². The molecule has 11 heteroatoms. The van der Waals surface area contributed by atoms with Crippen LogP contribution in [0.5, 0.6) is 0 Å². The van der Waals surface area contributed by atoms with E-state index in [2.05, 4.69) is 0 Å². The van der Waals surface area contributed by atoms with Crippen molar-refractivity contribution in [2.24, 2.45) is 0 Å². The van der Waals surface area contributed by atoms with E-state index in [4.69, 9.17) is 20.1 Å². The van der Waals surface area contributed by atoms with Crippen LogP contribution in [-0.2, 0) is 19.2 Å². The van der Waals surface area contributed by atoms with E-state index in [0.29, 0.717) is 0 Å². The molecular weight excluding hydrogens is 302 g/mol. The van der Waals surface area contributed by atoms with Crippen molar-refractivity contribution in [3.8, 4) is 0 Å². The number of carbonyl (C=O) groups excluding carboxylic acids is 2. The van der Waals surface area contributed by atoms with Crippen molar-refractivity contribution in [2.75, 3.05) is 0 Å². The Labute approximate surface area is 172 Å². The van der Waals surface area contributed by atoms with E-state index in [1.807, 2.05) is 0 Å². The summed E-state index contributed by atoms with van der Waals surface area (Å²) in [5.41, 5.74) is -2.86. The predicted molar refractivity (Wildman–Crippen MR) is 45.1 cm³/mol. The average molecular weight is 312 g/mol. The van der Waals surface area contributed by atoms with Crippen molar-refractivity contribution in [1.29, 1.82) is 0 Å². The second-order valence-corrected chi connectivity index (χ2v) is 2.95. The van der Waals surface area contributed by atoms with Crippen molar-refractivity contribution in [1.82, 2.24) is 0 Å². The van der Waals surface area contributed by atoms with Crippen LogP contribution in [0.25, 0.3) is 0 Å². The number of carboxylic acid groups (broad SMARTS) is 4. The summed E-state index contributed by atoms with van der Waals surface area (Å²) in [6.07, 6.45) is -2.59. The minimum Gasteiger partial charge on any atom is -0.550 e. The largest absolute Gasteiger partial charge is 1.00 e. The predicted octanol–water partition coefficient (Wildman–Crippen LogP) is -9.82. The van der Waals surface area contributed by atoms with Crippen LogP contribution in [0.1, 0.15) is 19.8 Å². The van der Waals surface area contributed by atoms with Crippen LogP contribution >= 0.6 is 0 Å². The molecule has 98 valence electrons. The molecule has 0 aliphatic carbocycles. The Morgan fingerprint density at radius 2 is 1.21 bits per heavy atom. The third kappa shape index (κ3) is 18.5. The first-order valence-corrected chi connectivity index (χ1v) is 4.06. The standard InChI is InChI=1S/C6H8O7.C2H4O2.K.Na/c7-3(8)1-6(13,5(11)12)2-4(9)10;1-2(3)4;;/h13H,1-2H2,(H,7,8)(H,9,10)(H,11,12);1H3,(H,3,4);;/q;;2*+1/p-2. The number of aliphatic carboxylic acids is 4. The van der Waals surface area contributed by atoms with Gasteiger partial charge in [-0.1, -0.05) is 0 Å². The Kier molecular flexibility index (Phi) is 19.7. The topological polar surface area (TPSA) is 175 Å². The van der Waals surface area contributed by atoms with Crippen molar-refractivity contribution in [3.05, 3.63) is 0 Å². The van der Waals surface area contributed by atoms with Crippen LogP contribution in [0.4, 0.5) is 0 Å². The molecule has 0 spiro atoms. The summed E-state index contributed by atoms with van der Waals surface area (Å²) in [7, 11) is 0. The first kappa shape index (κ1) is 27.8. The second-order valence-electron chi connectivity index (χ2n) is 2.95. The van der Waals surface area contributed by atoms with Gasteiger partial charge in [-0.2, -0.15) is 0 Å². The Morgan fingerprint density at radius 1 is 1.00 bits per heavy atom. The van der Waals surface area contributed by atoms with E-state index in [1.54, 1.807) is 0 Å². The minimum absolute atomic E-state index is 0. The molecule has 0 atom stereocenters. The van der Waals surface area contributed by atoms with Crippen LogP contribution < -0.4 is 91.2 Å². The molecular formula is C8H10KNaO9. The van der Waals surface area contributed by atoms with E-state index in [0.717, 1.165) is 6.92 Å². The van der Waals surface area contributed by atoms with Crippen LogP contribution in [-0.4, -0.2) is 44.8 Å². The third-order valence-electron chi connectivity index (χ3n) is 1.27.